The molecule has 0 spiro atoms. The Morgan fingerprint density at radius 2 is 2.00 bits per heavy atom. The van der Waals surface area contributed by atoms with Crippen LogP contribution in [0, 0.1) is 5.92 Å². The van der Waals surface area contributed by atoms with E-state index in [4.69, 9.17) is 4.74 Å². The van der Waals surface area contributed by atoms with Crippen LogP contribution < -0.4 is 4.74 Å². The van der Waals surface area contributed by atoms with Crippen molar-refractivity contribution in [2.75, 3.05) is 25.2 Å². The highest BCUT2D eigenvalue weighted by Crippen LogP contribution is 2.23. The van der Waals surface area contributed by atoms with E-state index >= 15 is 0 Å². The number of carbonyl (C=O) groups is 1. The van der Waals surface area contributed by atoms with Crippen molar-refractivity contribution in [1.82, 2.24) is 4.90 Å². The van der Waals surface area contributed by atoms with Gasteiger partial charge in [0.25, 0.3) is 0 Å². The van der Waals surface area contributed by atoms with Gasteiger partial charge in [0, 0.05) is 19.5 Å². The minimum Gasteiger partial charge on any atom is -0.497 e. The number of carbonyl (C=O) groups excluding carboxylic acids is 1. The van der Waals surface area contributed by atoms with E-state index in [1.807, 2.05) is 31.2 Å². The Balaban J connectivity index is 1.94. The maximum Gasteiger partial charge on any atom is 0.223 e. The Morgan fingerprint density at radius 1 is 1.32 bits per heavy atom. The molecule has 5 nitrogen and oxygen atoms in total. The Kier molecular flexibility index (Phi) is 5.45. The molecule has 1 aromatic rings. The summed E-state index contributed by atoms with van der Waals surface area (Å²) in [6.45, 7) is 3.09. The Bertz CT molecular complexity index is 610. The molecular formula is C16H23NO4S. The number of ether oxygens (including phenoxy) is 1. The highest BCUT2D eigenvalue weighted by atomic mass is 32.2. The summed E-state index contributed by atoms with van der Waals surface area (Å²) in [5, 5.41) is 0. The summed E-state index contributed by atoms with van der Waals surface area (Å²) < 4.78 is 28.1. The third kappa shape index (κ3) is 4.47. The minimum absolute atomic E-state index is 0.0255. The number of sulfone groups is 1. The number of hydrogen-bond acceptors (Lipinski definition) is 4. The molecule has 0 aromatic heterocycles. The van der Waals surface area contributed by atoms with Crippen LogP contribution >= 0.6 is 0 Å². The molecule has 1 saturated heterocycles. The summed E-state index contributed by atoms with van der Waals surface area (Å²) >= 11 is 0. The average molecular weight is 325 g/mol. The van der Waals surface area contributed by atoms with Crippen LogP contribution in [0.4, 0.5) is 0 Å². The fraction of sp³-hybridized carbons (Fsp3) is 0.562. The second-order valence-corrected chi connectivity index (χ2v) is 7.96. The van der Waals surface area contributed by atoms with Gasteiger partial charge in [-0.1, -0.05) is 12.1 Å². The van der Waals surface area contributed by atoms with E-state index < -0.39 is 9.84 Å². The molecule has 0 radical (unpaired) electrons. The third-order valence-corrected chi connectivity index (χ3v) is 5.89. The Labute approximate surface area is 132 Å². The van der Waals surface area contributed by atoms with Crippen molar-refractivity contribution in [1.29, 1.82) is 0 Å². The lowest BCUT2D eigenvalue weighted by Crippen LogP contribution is -2.31. The molecule has 0 saturated carbocycles. The van der Waals surface area contributed by atoms with Gasteiger partial charge in [0.15, 0.2) is 9.84 Å². The first kappa shape index (κ1) is 16.8. The van der Waals surface area contributed by atoms with Crippen LogP contribution in [0.25, 0.3) is 0 Å². The molecule has 1 unspecified atom stereocenters. The van der Waals surface area contributed by atoms with Crippen molar-refractivity contribution in [3.05, 3.63) is 29.8 Å². The van der Waals surface area contributed by atoms with Gasteiger partial charge in [-0.3, -0.25) is 4.79 Å². The second-order valence-electron chi connectivity index (χ2n) is 5.73. The zero-order valence-corrected chi connectivity index (χ0v) is 13.9. The summed E-state index contributed by atoms with van der Waals surface area (Å²) in [5.41, 5.74) is 1.04. The van der Waals surface area contributed by atoms with Gasteiger partial charge < -0.3 is 9.64 Å². The number of amides is 1. The van der Waals surface area contributed by atoms with Gasteiger partial charge in [-0.25, -0.2) is 8.42 Å². The van der Waals surface area contributed by atoms with Gasteiger partial charge in [0.1, 0.15) is 5.75 Å². The van der Waals surface area contributed by atoms with Crippen LogP contribution in [0.15, 0.2) is 24.3 Å². The van der Waals surface area contributed by atoms with E-state index in [1.165, 1.54) is 0 Å². The Morgan fingerprint density at radius 3 is 2.50 bits per heavy atom. The van der Waals surface area contributed by atoms with E-state index in [1.54, 1.807) is 12.0 Å². The first-order valence-electron chi connectivity index (χ1n) is 7.54. The molecule has 1 aliphatic rings. The third-order valence-electron chi connectivity index (χ3n) is 4.06. The summed E-state index contributed by atoms with van der Waals surface area (Å²) in [4.78, 5) is 14.1. The summed E-state index contributed by atoms with van der Waals surface area (Å²) in [6, 6.07) is 7.62. The predicted molar refractivity (Wildman–Crippen MR) is 85.5 cm³/mol. The van der Waals surface area contributed by atoms with Crippen molar-refractivity contribution in [2.45, 2.75) is 26.3 Å². The molecule has 2 rings (SSSR count). The number of rotatable bonds is 6. The van der Waals surface area contributed by atoms with Gasteiger partial charge in [-0.05, 0) is 37.0 Å². The fourth-order valence-corrected chi connectivity index (χ4v) is 4.60. The van der Waals surface area contributed by atoms with Gasteiger partial charge in [0.2, 0.25) is 5.91 Å². The molecule has 1 aromatic carbocycles. The number of hydrogen-bond donors (Lipinski definition) is 0. The fourth-order valence-electron chi connectivity index (χ4n) is 2.74. The van der Waals surface area contributed by atoms with Crippen LogP contribution in [-0.4, -0.2) is 44.4 Å². The van der Waals surface area contributed by atoms with Gasteiger partial charge in [-0.15, -0.1) is 0 Å². The molecule has 0 bridgehead atoms. The van der Waals surface area contributed by atoms with Crippen molar-refractivity contribution in [3.63, 3.8) is 0 Å². The molecule has 1 amide bonds. The number of nitrogens with zero attached hydrogens (tertiary/aromatic N) is 1. The molecule has 1 atom stereocenters. The molecule has 0 aliphatic carbocycles. The maximum atomic E-state index is 12.4. The van der Waals surface area contributed by atoms with Crippen LogP contribution in [0.1, 0.15) is 25.3 Å². The quantitative estimate of drug-likeness (QED) is 0.801. The largest absolute Gasteiger partial charge is 0.497 e. The lowest BCUT2D eigenvalue weighted by atomic mass is 10.0. The molecule has 122 valence electrons. The van der Waals surface area contributed by atoms with Crippen molar-refractivity contribution in [2.24, 2.45) is 5.92 Å². The van der Waals surface area contributed by atoms with E-state index in [0.717, 1.165) is 11.3 Å². The van der Waals surface area contributed by atoms with Crippen LogP contribution in [0.3, 0.4) is 0 Å². The van der Waals surface area contributed by atoms with Crippen molar-refractivity contribution in [3.8, 4) is 5.75 Å². The second kappa shape index (κ2) is 7.13. The maximum absolute atomic E-state index is 12.4. The highest BCUT2D eigenvalue weighted by molar-refractivity contribution is 7.91. The van der Waals surface area contributed by atoms with E-state index in [9.17, 15) is 13.2 Å². The average Bonchev–Trinajstić information content (AvgIpc) is 2.84. The molecular weight excluding hydrogens is 302 g/mol. The minimum atomic E-state index is -2.92. The molecule has 1 fully saturated rings. The van der Waals surface area contributed by atoms with Gasteiger partial charge >= 0.3 is 0 Å². The number of methoxy groups -OCH3 is 1. The van der Waals surface area contributed by atoms with Gasteiger partial charge in [0.05, 0.1) is 18.6 Å². The molecule has 1 aliphatic heterocycles. The van der Waals surface area contributed by atoms with Crippen molar-refractivity contribution < 1.29 is 17.9 Å². The molecule has 1 heterocycles. The highest BCUT2D eigenvalue weighted by Gasteiger charge is 2.30. The van der Waals surface area contributed by atoms with E-state index in [0.29, 0.717) is 25.9 Å². The summed E-state index contributed by atoms with van der Waals surface area (Å²) in [6.07, 6.45) is 0.928. The lowest BCUT2D eigenvalue weighted by Gasteiger charge is -2.22. The Hall–Kier alpha value is -1.56. The normalized spacial score (nSPS) is 19.8. The predicted octanol–water partition coefficient (Wildman–Crippen LogP) is 1.87. The standard InChI is InChI=1S/C16H23NO4S/c1-3-17(11-13-4-6-15(21-2)7-5-13)16(18)10-14-8-9-22(19,20)12-14/h4-7,14H,3,8-12H2,1-2H3. The first-order valence-corrected chi connectivity index (χ1v) is 9.36. The molecule has 6 heteroatoms. The summed E-state index contributed by atoms with van der Waals surface area (Å²) in [7, 11) is -1.31. The zero-order chi connectivity index (χ0) is 16.2. The van der Waals surface area contributed by atoms with E-state index in [-0.39, 0.29) is 23.3 Å². The number of benzene rings is 1. The topological polar surface area (TPSA) is 63.7 Å². The van der Waals surface area contributed by atoms with Crippen LogP contribution in [0.2, 0.25) is 0 Å². The summed E-state index contributed by atoms with van der Waals surface area (Å²) in [5.74, 6) is 1.16. The van der Waals surface area contributed by atoms with Crippen LogP contribution in [0.5, 0.6) is 5.75 Å². The van der Waals surface area contributed by atoms with Crippen LogP contribution in [-0.2, 0) is 21.2 Å². The SMILES string of the molecule is CCN(Cc1ccc(OC)cc1)C(=O)CC1CCS(=O)(=O)C1. The van der Waals surface area contributed by atoms with Crippen molar-refractivity contribution >= 4 is 15.7 Å². The smallest absolute Gasteiger partial charge is 0.223 e. The first-order chi connectivity index (χ1) is 10.4. The van der Waals surface area contributed by atoms with E-state index in [2.05, 4.69) is 0 Å². The molecule has 0 N–H and O–H groups in total. The molecule has 22 heavy (non-hydrogen) atoms. The van der Waals surface area contributed by atoms with Gasteiger partial charge in [-0.2, -0.15) is 0 Å². The zero-order valence-electron chi connectivity index (χ0n) is 13.1. The monoisotopic (exact) mass is 325 g/mol. The lowest BCUT2D eigenvalue weighted by molar-refractivity contribution is -0.132.